The molecule has 4 heterocycles. The molecule has 57 heavy (non-hydrogen) atoms. The van der Waals surface area contributed by atoms with Gasteiger partial charge in [0.15, 0.2) is 0 Å². The van der Waals surface area contributed by atoms with E-state index in [0.717, 1.165) is 0 Å². The van der Waals surface area contributed by atoms with E-state index in [4.69, 9.17) is 0 Å². The van der Waals surface area contributed by atoms with Gasteiger partial charge in [-0.3, -0.25) is 0 Å². The van der Waals surface area contributed by atoms with Crippen molar-refractivity contribution in [1.29, 1.82) is 0 Å². The minimum atomic E-state index is 0.148. The summed E-state index contributed by atoms with van der Waals surface area (Å²) in [6.45, 7) is 0.305. The van der Waals surface area contributed by atoms with Gasteiger partial charge in [0.05, 0.1) is 0 Å². The van der Waals surface area contributed by atoms with Crippen molar-refractivity contribution in [2.75, 3.05) is 4.90 Å². The molecule has 0 atom stereocenters. The minimum Gasteiger partial charge on any atom is -0.312 e. The molecule has 11 aromatic carbocycles. The number of nitrogens with zero attached hydrogens (tertiary/aromatic N) is 1. The molecule has 4 aliphatic rings. The Balaban J connectivity index is 1.12. The van der Waals surface area contributed by atoms with Crippen LogP contribution in [0, 0.1) is 0 Å². The van der Waals surface area contributed by atoms with Gasteiger partial charge in [0.1, 0.15) is 0 Å². The fraction of sp³-hybridized carbons (Fsp3) is 0. The molecule has 15 rings (SSSR count). The van der Waals surface area contributed by atoms with E-state index in [1.807, 2.05) is 0 Å². The Morgan fingerprint density at radius 3 is 1.44 bits per heavy atom. The van der Waals surface area contributed by atoms with Crippen LogP contribution >= 0.6 is 0 Å². The van der Waals surface area contributed by atoms with E-state index in [9.17, 15) is 0 Å². The molecule has 11 aromatic rings. The third-order valence-corrected chi connectivity index (χ3v) is 14.2. The molecule has 0 saturated heterocycles. The zero-order valence-corrected chi connectivity index (χ0v) is 30.8. The number of rotatable bonds is 0. The van der Waals surface area contributed by atoms with Gasteiger partial charge in [0.2, 0.25) is 13.4 Å². The highest BCUT2D eigenvalue weighted by Gasteiger charge is 2.50. The lowest BCUT2D eigenvalue weighted by atomic mass is 9.32. The molecular weight excluding hydrogens is 684 g/mol. The molecule has 0 aliphatic carbocycles. The summed E-state index contributed by atoms with van der Waals surface area (Å²) in [5.74, 6) is 0. The number of benzene rings is 11. The number of hydrogen-bond donors (Lipinski definition) is 0. The van der Waals surface area contributed by atoms with Gasteiger partial charge >= 0.3 is 0 Å². The van der Waals surface area contributed by atoms with Crippen molar-refractivity contribution in [2.24, 2.45) is 0 Å². The fourth-order valence-electron chi connectivity index (χ4n) is 12.2. The molecule has 256 valence electrons. The van der Waals surface area contributed by atoms with Gasteiger partial charge in [-0.05, 0) is 121 Å². The second-order valence-electron chi connectivity index (χ2n) is 16.6. The summed E-state index contributed by atoms with van der Waals surface area (Å²) in [6.07, 6.45) is 0. The average Bonchev–Trinajstić information content (AvgIpc) is 3.81. The molecule has 0 spiro atoms. The predicted octanol–water partition coefficient (Wildman–Crippen LogP) is 9.70. The van der Waals surface area contributed by atoms with Gasteiger partial charge in [-0.1, -0.05) is 175 Å². The predicted molar refractivity (Wildman–Crippen MR) is 246 cm³/mol. The second kappa shape index (κ2) is 10.0. The molecule has 0 radical (unpaired) electrons. The molecule has 4 aliphatic heterocycles. The number of para-hydroxylation sites is 1. The fourth-order valence-corrected chi connectivity index (χ4v) is 12.2. The van der Waals surface area contributed by atoms with Gasteiger partial charge < -0.3 is 4.90 Å². The Hall–Kier alpha value is -7.09. The molecular formula is C54H29B2N. The first-order valence-corrected chi connectivity index (χ1v) is 20.3. The van der Waals surface area contributed by atoms with Crippen molar-refractivity contribution >= 4 is 128 Å². The molecule has 0 N–H and O–H groups in total. The number of hydrogen-bond acceptors (Lipinski definition) is 1. The zero-order chi connectivity index (χ0) is 36.7. The summed E-state index contributed by atoms with van der Waals surface area (Å²) in [4.78, 5) is 2.69. The van der Waals surface area contributed by atoms with Crippen molar-refractivity contribution in [2.45, 2.75) is 0 Å². The Labute approximate surface area is 329 Å². The third kappa shape index (κ3) is 3.29. The Morgan fingerprint density at radius 1 is 0.298 bits per heavy atom. The largest absolute Gasteiger partial charge is 0.312 e. The maximum absolute atomic E-state index is 2.69. The lowest BCUT2D eigenvalue weighted by Crippen LogP contribution is -2.62. The van der Waals surface area contributed by atoms with Gasteiger partial charge in [0, 0.05) is 17.1 Å². The van der Waals surface area contributed by atoms with E-state index < -0.39 is 0 Å². The number of anilines is 3. The van der Waals surface area contributed by atoms with E-state index in [1.165, 1.54) is 137 Å². The minimum absolute atomic E-state index is 0.148. The van der Waals surface area contributed by atoms with Crippen molar-refractivity contribution in [3.8, 4) is 22.3 Å². The lowest BCUT2D eigenvalue weighted by Gasteiger charge is -2.42. The highest BCUT2D eigenvalue weighted by molar-refractivity contribution is 7.05. The topological polar surface area (TPSA) is 3.24 Å². The molecule has 1 nitrogen and oxygen atoms in total. The summed E-state index contributed by atoms with van der Waals surface area (Å²) >= 11 is 0. The Morgan fingerprint density at radius 2 is 0.772 bits per heavy atom. The molecule has 0 fully saturated rings. The van der Waals surface area contributed by atoms with Crippen LogP contribution in [0.15, 0.2) is 176 Å². The van der Waals surface area contributed by atoms with Crippen LogP contribution in [0.4, 0.5) is 17.1 Å². The standard InChI is InChI=1S/C54H29B2N/c1-3-17-34-30(13-1)32-15-5-7-19-36(32)48-38(34)27-28-43-50(48)40-22-11-26-46-52(40)56(43)45-25-12-24-44-54(45)57(46)47-29-41-35-18-4-2-14-31(35)33-16-6-8-20-37(33)49(41)51-39-21-9-10-23-42(39)55(44)53(47)51/h1-29H. The van der Waals surface area contributed by atoms with Gasteiger partial charge in [0.25, 0.3) is 0 Å². The monoisotopic (exact) mass is 713 g/mol. The van der Waals surface area contributed by atoms with E-state index in [1.54, 1.807) is 0 Å². The molecule has 0 amide bonds. The third-order valence-electron chi connectivity index (χ3n) is 14.2. The smallest absolute Gasteiger partial charge is 0.248 e. The Bertz CT molecular complexity index is 3700. The quantitative estimate of drug-likeness (QED) is 0.112. The number of fused-ring (bicyclic) bond motifs is 24. The lowest BCUT2D eigenvalue weighted by molar-refractivity contribution is 1.31. The van der Waals surface area contributed by atoms with Crippen LogP contribution in [-0.2, 0) is 0 Å². The molecule has 0 bridgehead atoms. The SMILES string of the molecule is c1ccc2c(c1)B1c3cccc4c3N(c3cccc5c3B4c3ccc4c6ccccc6c6ccccc6c4c3-5)c3cc4c5ccccc5c5ccccc5c4c-2c31. The first kappa shape index (κ1) is 29.2. The van der Waals surface area contributed by atoms with Gasteiger partial charge in [-0.15, -0.1) is 0 Å². The second-order valence-corrected chi connectivity index (χ2v) is 16.6. The maximum Gasteiger partial charge on any atom is 0.248 e. The Kier molecular flexibility index (Phi) is 5.13. The van der Waals surface area contributed by atoms with Gasteiger partial charge in [-0.2, -0.15) is 0 Å². The normalized spacial score (nSPS) is 13.9. The highest BCUT2D eigenvalue weighted by atomic mass is 15.2. The summed E-state index contributed by atoms with van der Waals surface area (Å²) < 4.78 is 0. The molecule has 0 saturated carbocycles. The van der Waals surface area contributed by atoms with Crippen LogP contribution in [-0.4, -0.2) is 13.4 Å². The van der Waals surface area contributed by atoms with Crippen LogP contribution in [0.2, 0.25) is 0 Å². The van der Waals surface area contributed by atoms with E-state index in [0.29, 0.717) is 0 Å². The van der Waals surface area contributed by atoms with Crippen LogP contribution < -0.4 is 37.7 Å². The van der Waals surface area contributed by atoms with Gasteiger partial charge in [-0.25, -0.2) is 0 Å². The van der Waals surface area contributed by atoms with E-state index in [2.05, 4.69) is 181 Å². The summed E-state index contributed by atoms with van der Waals surface area (Å²) in [5, 5.41) is 16.0. The van der Waals surface area contributed by atoms with Crippen molar-refractivity contribution < 1.29 is 0 Å². The first-order chi connectivity index (χ1) is 28.3. The van der Waals surface area contributed by atoms with Crippen molar-refractivity contribution in [1.82, 2.24) is 0 Å². The van der Waals surface area contributed by atoms with Crippen LogP contribution in [0.25, 0.3) is 86.9 Å². The summed E-state index contributed by atoms with van der Waals surface area (Å²) in [5.41, 5.74) is 18.1. The van der Waals surface area contributed by atoms with Crippen LogP contribution in [0.3, 0.4) is 0 Å². The first-order valence-electron chi connectivity index (χ1n) is 20.3. The van der Waals surface area contributed by atoms with E-state index in [-0.39, 0.29) is 13.4 Å². The van der Waals surface area contributed by atoms with Crippen molar-refractivity contribution in [3.05, 3.63) is 176 Å². The zero-order valence-electron chi connectivity index (χ0n) is 30.8. The van der Waals surface area contributed by atoms with Crippen LogP contribution in [0.5, 0.6) is 0 Å². The van der Waals surface area contributed by atoms with Crippen molar-refractivity contribution in [3.63, 3.8) is 0 Å². The van der Waals surface area contributed by atoms with Crippen LogP contribution in [0.1, 0.15) is 0 Å². The van der Waals surface area contributed by atoms with E-state index >= 15 is 0 Å². The molecule has 0 aromatic heterocycles. The summed E-state index contributed by atoms with van der Waals surface area (Å²) in [7, 11) is 0. The highest BCUT2D eigenvalue weighted by Crippen LogP contribution is 2.50. The summed E-state index contributed by atoms with van der Waals surface area (Å²) in [6, 6.07) is 67.2. The molecule has 3 heteroatoms. The maximum atomic E-state index is 2.69. The average molecular weight is 713 g/mol. The molecule has 0 unspecified atom stereocenters.